The molecule has 0 aromatic heterocycles. The van der Waals surface area contributed by atoms with Gasteiger partial charge in [0.1, 0.15) is 6.04 Å². The second-order valence-electron chi connectivity index (χ2n) is 9.45. The molecule has 2 aliphatic rings. The monoisotopic (exact) mass is 562 g/mol. The lowest BCUT2D eigenvalue weighted by molar-refractivity contribution is -0.145. The molecule has 2 amide bonds. The van der Waals surface area contributed by atoms with Gasteiger partial charge in [-0.25, -0.2) is 4.90 Å². The fraction of sp³-hybridized carbons (Fsp3) is 0.250. The Labute approximate surface area is 223 Å². The number of imide groups is 1. The molecule has 6 nitrogen and oxygen atoms in total. The number of benzene rings is 3. The number of carbonyl (C=O) groups is 3. The number of alkyl halides is 6. The van der Waals surface area contributed by atoms with Gasteiger partial charge in [0.05, 0.1) is 41.3 Å². The minimum absolute atomic E-state index is 0.0396. The van der Waals surface area contributed by atoms with Crippen LogP contribution in [-0.2, 0) is 37.0 Å². The number of nitrogens with one attached hydrogen (secondary N) is 1. The maximum atomic E-state index is 14.0. The number of carbonyl (C=O) groups excluding carboxylic acids is 3. The number of rotatable bonds is 4. The van der Waals surface area contributed by atoms with Crippen molar-refractivity contribution in [2.75, 3.05) is 12.0 Å². The lowest BCUT2D eigenvalue weighted by Crippen LogP contribution is -2.52. The number of esters is 1. The molecule has 3 aromatic rings. The normalized spacial score (nSPS) is 22.4. The van der Waals surface area contributed by atoms with Crippen molar-refractivity contribution in [3.05, 3.63) is 101 Å². The zero-order valence-electron chi connectivity index (χ0n) is 20.6. The van der Waals surface area contributed by atoms with Crippen LogP contribution in [0.4, 0.5) is 32.0 Å². The van der Waals surface area contributed by atoms with E-state index in [4.69, 9.17) is 4.74 Å². The number of hydrogen-bond donors (Lipinski definition) is 1. The Hall–Kier alpha value is -4.19. The first-order valence-corrected chi connectivity index (χ1v) is 11.9. The van der Waals surface area contributed by atoms with Gasteiger partial charge in [0.2, 0.25) is 11.8 Å². The molecule has 208 valence electrons. The third-order valence-electron chi connectivity index (χ3n) is 7.36. The number of methoxy groups -OCH3 is 1. The fourth-order valence-electron chi connectivity index (χ4n) is 5.61. The highest BCUT2D eigenvalue weighted by atomic mass is 19.4. The fourth-order valence-corrected chi connectivity index (χ4v) is 5.61. The summed E-state index contributed by atoms with van der Waals surface area (Å²) in [5.74, 6) is -5.25. The zero-order valence-corrected chi connectivity index (χ0v) is 20.6. The standard InChI is InChI=1S/C28H20F6N2O4/c1-40-25(39)22-20-21(24(38)36(23(20)37)19-5-3-2-4-6-19)26(35-22,15-7-11-17(12-8-15)27(29,30)31)16-9-13-18(14-10-16)28(32,33)34/h2-14,20-22,35H,1H3/t20-,21+,22+/m0/s1. The molecule has 1 N–H and O–H groups in total. The Morgan fingerprint density at radius 3 is 1.68 bits per heavy atom. The Morgan fingerprint density at radius 2 is 1.25 bits per heavy atom. The largest absolute Gasteiger partial charge is 0.468 e. The highest BCUT2D eigenvalue weighted by Gasteiger charge is 2.68. The van der Waals surface area contributed by atoms with Gasteiger partial charge in [-0.3, -0.25) is 19.7 Å². The molecule has 0 spiro atoms. The van der Waals surface area contributed by atoms with Crippen LogP contribution < -0.4 is 10.2 Å². The predicted octanol–water partition coefficient (Wildman–Crippen LogP) is 4.92. The van der Waals surface area contributed by atoms with E-state index >= 15 is 0 Å². The van der Waals surface area contributed by atoms with Crippen molar-refractivity contribution in [1.82, 2.24) is 5.32 Å². The minimum atomic E-state index is -4.69. The predicted molar refractivity (Wildman–Crippen MR) is 129 cm³/mol. The van der Waals surface area contributed by atoms with Crippen molar-refractivity contribution in [2.24, 2.45) is 11.8 Å². The SMILES string of the molecule is COC(=O)[C@@H]1NC(c2ccc(C(F)(F)F)cc2)(c2ccc(C(F)(F)F)cc2)[C@H]2C(=O)N(c3ccccc3)C(=O)[C@H]12. The summed E-state index contributed by atoms with van der Waals surface area (Å²) >= 11 is 0. The molecule has 2 heterocycles. The molecule has 2 saturated heterocycles. The minimum Gasteiger partial charge on any atom is -0.468 e. The van der Waals surface area contributed by atoms with Gasteiger partial charge < -0.3 is 4.74 Å². The first-order chi connectivity index (χ1) is 18.8. The zero-order chi connectivity index (χ0) is 29.0. The number of amides is 2. The van der Waals surface area contributed by atoms with Gasteiger partial charge in [0.15, 0.2) is 0 Å². The van der Waals surface area contributed by atoms with Crippen LogP contribution >= 0.6 is 0 Å². The van der Waals surface area contributed by atoms with Gasteiger partial charge in [0.25, 0.3) is 0 Å². The van der Waals surface area contributed by atoms with Gasteiger partial charge in [-0.2, -0.15) is 26.3 Å². The molecule has 12 heteroatoms. The third-order valence-corrected chi connectivity index (χ3v) is 7.36. The van der Waals surface area contributed by atoms with Gasteiger partial charge in [-0.15, -0.1) is 0 Å². The van der Waals surface area contributed by atoms with E-state index in [1.165, 1.54) is 12.1 Å². The summed E-state index contributed by atoms with van der Waals surface area (Å²) < 4.78 is 85.1. The van der Waals surface area contributed by atoms with E-state index in [-0.39, 0.29) is 16.8 Å². The van der Waals surface area contributed by atoms with Crippen molar-refractivity contribution in [3.8, 4) is 0 Å². The molecule has 0 radical (unpaired) electrons. The number of fused-ring (bicyclic) bond motifs is 1. The van der Waals surface area contributed by atoms with Crippen LogP contribution in [0, 0.1) is 11.8 Å². The van der Waals surface area contributed by atoms with E-state index in [1.54, 1.807) is 18.2 Å². The number of hydrogen-bond acceptors (Lipinski definition) is 5. The average Bonchev–Trinajstić information content (AvgIpc) is 3.42. The van der Waals surface area contributed by atoms with Crippen LogP contribution in [0.5, 0.6) is 0 Å². The smallest absolute Gasteiger partial charge is 0.416 e. The first-order valence-electron chi connectivity index (χ1n) is 11.9. The van der Waals surface area contributed by atoms with Crippen molar-refractivity contribution in [2.45, 2.75) is 23.9 Å². The summed E-state index contributed by atoms with van der Waals surface area (Å²) in [6.07, 6.45) is -9.38. The van der Waals surface area contributed by atoms with E-state index < -0.39 is 64.7 Å². The molecule has 40 heavy (non-hydrogen) atoms. The number of nitrogens with zero attached hydrogens (tertiary/aromatic N) is 1. The van der Waals surface area contributed by atoms with Crippen LogP contribution in [0.15, 0.2) is 78.9 Å². The van der Waals surface area contributed by atoms with E-state index in [9.17, 15) is 40.7 Å². The van der Waals surface area contributed by atoms with Crippen LogP contribution in [0.3, 0.4) is 0 Å². The second kappa shape index (κ2) is 9.47. The molecule has 2 aliphatic heterocycles. The number of para-hydroxylation sites is 1. The molecular formula is C28H20F6N2O4. The van der Waals surface area contributed by atoms with Crippen molar-refractivity contribution >= 4 is 23.5 Å². The lowest BCUT2D eigenvalue weighted by atomic mass is 9.71. The maximum Gasteiger partial charge on any atom is 0.416 e. The molecule has 3 aromatic carbocycles. The average molecular weight is 562 g/mol. The number of ether oxygens (including phenoxy) is 1. The first kappa shape index (κ1) is 27.4. The van der Waals surface area contributed by atoms with Crippen LogP contribution in [0.2, 0.25) is 0 Å². The van der Waals surface area contributed by atoms with E-state index in [2.05, 4.69) is 5.32 Å². The topological polar surface area (TPSA) is 75.7 Å². The van der Waals surface area contributed by atoms with Gasteiger partial charge in [-0.05, 0) is 47.5 Å². The highest BCUT2D eigenvalue weighted by Crippen LogP contribution is 2.53. The maximum absolute atomic E-state index is 14.0. The third kappa shape index (κ3) is 4.23. The van der Waals surface area contributed by atoms with E-state index in [0.29, 0.717) is 0 Å². The van der Waals surface area contributed by atoms with Gasteiger partial charge in [-0.1, -0.05) is 42.5 Å². The summed E-state index contributed by atoms with van der Waals surface area (Å²) in [6.45, 7) is 0. The molecule has 5 rings (SSSR count). The molecular weight excluding hydrogens is 542 g/mol. The van der Waals surface area contributed by atoms with Crippen molar-refractivity contribution in [3.63, 3.8) is 0 Å². The molecule has 0 unspecified atom stereocenters. The van der Waals surface area contributed by atoms with E-state index in [1.807, 2.05) is 0 Å². The Morgan fingerprint density at radius 1 is 0.775 bits per heavy atom. The summed E-state index contributed by atoms with van der Waals surface area (Å²) in [6, 6.07) is 13.7. The molecule has 2 fully saturated rings. The number of anilines is 1. The van der Waals surface area contributed by atoms with E-state index in [0.717, 1.165) is 60.5 Å². The highest BCUT2D eigenvalue weighted by molar-refractivity contribution is 6.24. The van der Waals surface area contributed by atoms with Gasteiger partial charge in [0, 0.05) is 0 Å². The quantitative estimate of drug-likeness (QED) is 0.278. The Kier molecular flexibility index (Phi) is 6.48. The molecule has 0 saturated carbocycles. The summed E-state index contributed by atoms with van der Waals surface area (Å²) in [7, 11) is 1.06. The van der Waals surface area contributed by atoms with Crippen molar-refractivity contribution < 1.29 is 45.5 Å². The van der Waals surface area contributed by atoms with Gasteiger partial charge >= 0.3 is 18.3 Å². The summed E-state index contributed by atoms with van der Waals surface area (Å²) in [5, 5.41) is 2.93. The van der Waals surface area contributed by atoms with Crippen LogP contribution in [0.1, 0.15) is 22.3 Å². The summed E-state index contributed by atoms with van der Waals surface area (Å²) in [4.78, 5) is 41.5. The molecule has 0 aliphatic carbocycles. The molecule has 0 bridgehead atoms. The lowest BCUT2D eigenvalue weighted by Gasteiger charge is -2.36. The molecule has 3 atom stereocenters. The second-order valence-corrected chi connectivity index (χ2v) is 9.45. The van der Waals surface area contributed by atoms with Crippen LogP contribution in [0.25, 0.3) is 0 Å². The summed E-state index contributed by atoms with van der Waals surface area (Å²) in [5.41, 5.74) is -3.59. The number of halogens is 6. The Balaban J connectivity index is 1.75. The van der Waals surface area contributed by atoms with Crippen LogP contribution in [-0.4, -0.2) is 30.9 Å². The Bertz CT molecular complexity index is 1400. The van der Waals surface area contributed by atoms with Crippen molar-refractivity contribution in [1.29, 1.82) is 0 Å².